The Morgan fingerprint density at radius 2 is 2.25 bits per heavy atom. The molecule has 0 spiro atoms. The quantitative estimate of drug-likeness (QED) is 0.596. The van der Waals surface area contributed by atoms with Crippen molar-refractivity contribution in [3.63, 3.8) is 0 Å². The first-order valence-electron chi connectivity index (χ1n) is 3.37. The molecule has 1 atom stereocenters. The zero-order valence-electron chi connectivity index (χ0n) is 5.78. The van der Waals surface area contributed by atoms with Crippen molar-refractivity contribution in [2.75, 3.05) is 0 Å². The highest BCUT2D eigenvalue weighted by Gasteiger charge is 2.00. The van der Waals surface area contributed by atoms with E-state index in [-0.39, 0.29) is 18.2 Å². The predicted octanol–water partition coefficient (Wildman–Crippen LogP) is 3.00. The lowest BCUT2D eigenvalue weighted by Crippen LogP contribution is -1.90. The largest absolute Gasteiger partial charge is 0.471 e. The summed E-state index contributed by atoms with van der Waals surface area (Å²) in [6.45, 7) is 4.60. The maximum atomic E-state index is 3.58. The van der Waals surface area contributed by atoms with E-state index in [1.54, 1.807) is 0 Å². The van der Waals surface area contributed by atoms with Gasteiger partial charge in [0.05, 0.1) is 0 Å². The van der Waals surface area contributed by atoms with Crippen LogP contribution in [0.5, 0.6) is 0 Å². The van der Waals surface area contributed by atoms with E-state index < -0.39 is 0 Å². The van der Waals surface area contributed by atoms with Gasteiger partial charge in [0.15, 0.2) is 0 Å². The van der Waals surface area contributed by atoms with Crippen LogP contribution in [-0.2, 0) is 0 Å². The molecule has 0 saturated heterocycles. The van der Waals surface area contributed by atoms with Crippen molar-refractivity contribution in [3.05, 3.63) is 0 Å². The topological polar surface area (TPSA) is 0 Å². The molecule has 0 N–H and O–H groups in total. The van der Waals surface area contributed by atoms with Crippen LogP contribution in [0.3, 0.4) is 0 Å². The lowest BCUT2D eigenvalue weighted by Gasteiger charge is -2.02. The monoisotopic (exact) mass is 188 g/mol. The molecule has 0 amide bonds. The number of hydrogen-bond donors (Lipinski definition) is 0. The van der Waals surface area contributed by atoms with Gasteiger partial charge in [-0.05, 0) is 0 Å². The fourth-order valence-electron chi connectivity index (χ4n) is 0.630. The summed E-state index contributed by atoms with van der Waals surface area (Å²) in [5, 5.41) is 0. The molecular formula is C6H13BrMg. The van der Waals surface area contributed by atoms with E-state index in [0.29, 0.717) is 0 Å². The van der Waals surface area contributed by atoms with Crippen LogP contribution in [0.25, 0.3) is 0 Å². The molecule has 0 heterocycles. The van der Waals surface area contributed by atoms with Crippen molar-refractivity contribution >= 4 is 31.1 Å². The van der Waals surface area contributed by atoms with Gasteiger partial charge in [0.1, 0.15) is 0 Å². The maximum Gasteiger partial charge on any atom is 0.471 e. The van der Waals surface area contributed by atoms with E-state index in [1.165, 1.54) is 19.3 Å². The Bertz CT molecular complexity index is 47.8. The van der Waals surface area contributed by atoms with Gasteiger partial charge < -0.3 is 12.9 Å². The Hall–Kier alpha value is 1.25. The van der Waals surface area contributed by atoms with Crippen molar-refractivity contribution in [2.24, 2.45) is 0 Å². The standard InChI is InChI=1S/C6H13.BrH.Mg/c1-3-5-6-4-2;;/h3H,4-6H2,1-2H3;1H;/q;;+1/p-1. The van der Waals surface area contributed by atoms with Crippen molar-refractivity contribution in [2.45, 2.75) is 37.2 Å². The molecule has 0 bridgehead atoms. The smallest absolute Gasteiger partial charge is 0.306 e. The third-order valence-electron chi connectivity index (χ3n) is 1.31. The summed E-state index contributed by atoms with van der Waals surface area (Å²) in [4.78, 5) is 0. The summed E-state index contributed by atoms with van der Waals surface area (Å²) in [5.74, 6) is 0. The number of halogens is 1. The second-order valence-electron chi connectivity index (χ2n) is 2.40. The van der Waals surface area contributed by atoms with Crippen molar-refractivity contribution in [3.8, 4) is 0 Å². The second kappa shape index (κ2) is 6.37. The van der Waals surface area contributed by atoms with E-state index >= 15 is 0 Å². The molecule has 0 aromatic heterocycles. The number of rotatable bonds is 4. The predicted molar refractivity (Wildman–Crippen MR) is 43.6 cm³/mol. The van der Waals surface area contributed by atoms with E-state index in [0.717, 1.165) is 4.05 Å². The molecule has 0 aliphatic carbocycles. The van der Waals surface area contributed by atoms with Gasteiger partial charge in [-0.1, -0.05) is 33.1 Å². The number of unbranched alkanes of at least 4 members (excludes halogenated alkanes) is 1. The molecule has 1 unspecified atom stereocenters. The van der Waals surface area contributed by atoms with E-state index in [4.69, 9.17) is 0 Å². The fraction of sp³-hybridized carbons (Fsp3) is 1.00. The van der Waals surface area contributed by atoms with Gasteiger partial charge in [0.25, 0.3) is 0 Å². The fourth-order valence-corrected chi connectivity index (χ4v) is 2.04. The average Bonchev–Trinajstić information content (AvgIpc) is 1.83. The summed E-state index contributed by atoms with van der Waals surface area (Å²) in [6, 6.07) is 0. The summed E-state index contributed by atoms with van der Waals surface area (Å²) in [5.41, 5.74) is 0. The van der Waals surface area contributed by atoms with Crippen LogP contribution in [-0.4, -0.2) is 18.2 Å². The molecule has 0 aliphatic heterocycles. The molecular weight excluding hydrogens is 176 g/mol. The zero-order chi connectivity index (χ0) is 6.41. The van der Waals surface area contributed by atoms with Crippen LogP contribution in [0, 0.1) is 0 Å². The normalized spacial score (nSPS) is 12.9. The molecule has 0 radical (unpaired) electrons. The first kappa shape index (κ1) is 9.25. The Labute approximate surface area is 68.0 Å². The molecule has 0 aromatic carbocycles. The molecule has 0 aliphatic rings. The van der Waals surface area contributed by atoms with Gasteiger partial charge in [-0.25, -0.2) is 0 Å². The summed E-state index contributed by atoms with van der Waals surface area (Å²) >= 11 is 3.71. The average molecular weight is 189 g/mol. The highest BCUT2D eigenvalue weighted by molar-refractivity contribution is 9.23. The molecule has 2 heteroatoms. The molecule has 0 saturated carbocycles. The molecule has 0 aromatic rings. The van der Waals surface area contributed by atoms with E-state index in [1.807, 2.05) is 0 Å². The van der Waals surface area contributed by atoms with Gasteiger partial charge in [-0.3, -0.25) is 0 Å². The lowest BCUT2D eigenvalue weighted by atomic mass is 10.2. The van der Waals surface area contributed by atoms with E-state index in [9.17, 15) is 0 Å². The molecule has 8 heavy (non-hydrogen) atoms. The minimum atomic E-state index is 0.131. The summed E-state index contributed by atoms with van der Waals surface area (Å²) < 4.78 is 1.01. The number of hydrogen-bond acceptors (Lipinski definition) is 0. The Morgan fingerprint density at radius 3 is 2.62 bits per heavy atom. The van der Waals surface area contributed by atoms with E-state index in [2.05, 4.69) is 26.7 Å². The van der Waals surface area contributed by atoms with Crippen molar-refractivity contribution < 1.29 is 0 Å². The van der Waals surface area contributed by atoms with Gasteiger partial charge in [-0.15, -0.1) is 4.05 Å². The minimum Gasteiger partial charge on any atom is -0.306 e. The highest BCUT2D eigenvalue weighted by Crippen LogP contribution is 2.13. The summed E-state index contributed by atoms with van der Waals surface area (Å²) in [6.07, 6.45) is 4.21. The van der Waals surface area contributed by atoms with Crippen LogP contribution in [0.1, 0.15) is 33.1 Å². The van der Waals surface area contributed by atoms with Crippen LogP contribution in [0.15, 0.2) is 0 Å². The lowest BCUT2D eigenvalue weighted by molar-refractivity contribution is 0.700. The van der Waals surface area contributed by atoms with Crippen LogP contribution >= 0.6 is 12.9 Å². The van der Waals surface area contributed by atoms with Crippen LogP contribution < -0.4 is 0 Å². The molecule has 0 rings (SSSR count). The van der Waals surface area contributed by atoms with Gasteiger partial charge in [0, 0.05) is 0 Å². The van der Waals surface area contributed by atoms with Gasteiger partial charge in [0.2, 0.25) is 0 Å². The Kier molecular flexibility index (Phi) is 7.36. The molecule has 46 valence electrons. The molecule has 0 nitrogen and oxygen atoms in total. The zero-order valence-corrected chi connectivity index (χ0v) is 8.78. The first-order chi connectivity index (χ1) is 3.81. The minimum absolute atomic E-state index is 0.131. The van der Waals surface area contributed by atoms with Gasteiger partial charge in [-0.2, -0.15) is 0 Å². The van der Waals surface area contributed by atoms with Crippen LogP contribution in [0.4, 0.5) is 0 Å². The van der Waals surface area contributed by atoms with Gasteiger partial charge >= 0.3 is 18.2 Å². The SMILES string of the molecule is CCCC[CH](C)[Mg][Br]. The van der Waals surface area contributed by atoms with Crippen molar-refractivity contribution in [1.82, 2.24) is 0 Å². The highest BCUT2D eigenvalue weighted by atomic mass is 79.9. The Morgan fingerprint density at radius 1 is 1.62 bits per heavy atom. The third kappa shape index (κ3) is 5.38. The van der Waals surface area contributed by atoms with Crippen molar-refractivity contribution in [1.29, 1.82) is 0 Å². The summed E-state index contributed by atoms with van der Waals surface area (Å²) in [7, 11) is 0. The third-order valence-corrected chi connectivity index (χ3v) is 5.56. The maximum absolute atomic E-state index is 3.58. The second-order valence-corrected chi connectivity index (χ2v) is 6.05. The van der Waals surface area contributed by atoms with Crippen LogP contribution in [0.2, 0.25) is 4.05 Å². The molecule has 0 fully saturated rings. The first-order valence-corrected chi connectivity index (χ1v) is 8.08. The Balaban J connectivity index is 2.86.